The molecule has 0 spiro atoms. The van der Waals surface area contributed by atoms with Crippen LogP contribution < -0.4 is 10.9 Å². The predicted octanol–water partition coefficient (Wildman–Crippen LogP) is 1.80. The highest BCUT2D eigenvalue weighted by molar-refractivity contribution is 7.97. The van der Waals surface area contributed by atoms with E-state index in [0.717, 1.165) is 23.6 Å². The molecule has 1 aliphatic carbocycles. The Labute approximate surface area is 115 Å². The molecule has 6 heteroatoms. The number of hydrogen-bond donors (Lipinski definition) is 2. The van der Waals surface area contributed by atoms with Crippen LogP contribution in [0.4, 0.5) is 5.69 Å². The third-order valence-electron chi connectivity index (χ3n) is 3.43. The maximum Gasteiger partial charge on any atom is 0.142 e. The Morgan fingerprint density at radius 2 is 2.05 bits per heavy atom. The Balaban J connectivity index is 1.43. The van der Waals surface area contributed by atoms with Gasteiger partial charge in [-0.3, -0.25) is 5.43 Å². The number of hydrogen-bond acceptors (Lipinski definition) is 6. The van der Waals surface area contributed by atoms with E-state index in [2.05, 4.69) is 45.1 Å². The van der Waals surface area contributed by atoms with Crippen molar-refractivity contribution in [2.75, 3.05) is 5.43 Å². The second kappa shape index (κ2) is 4.48. The average Bonchev–Trinajstić information content (AvgIpc) is 3.00. The van der Waals surface area contributed by atoms with Crippen LogP contribution in [-0.2, 0) is 12.8 Å². The summed E-state index contributed by atoms with van der Waals surface area (Å²) in [5, 5.41) is 0.956. The number of anilines is 1. The van der Waals surface area contributed by atoms with Crippen LogP contribution >= 0.6 is 11.9 Å². The van der Waals surface area contributed by atoms with Crippen molar-refractivity contribution in [2.24, 2.45) is 0 Å². The SMILES string of the molecule is c1ccc2c(c1)CC(NN1Nc3cncnc3S1)C2. The van der Waals surface area contributed by atoms with E-state index < -0.39 is 0 Å². The van der Waals surface area contributed by atoms with Crippen LogP contribution in [-0.4, -0.2) is 20.5 Å². The van der Waals surface area contributed by atoms with Crippen LogP contribution in [0.15, 0.2) is 41.8 Å². The van der Waals surface area contributed by atoms with Crippen molar-refractivity contribution in [1.82, 2.24) is 19.9 Å². The maximum absolute atomic E-state index is 4.23. The molecule has 0 atom stereocenters. The summed E-state index contributed by atoms with van der Waals surface area (Å²) >= 11 is 1.56. The maximum atomic E-state index is 4.23. The first-order chi connectivity index (χ1) is 9.38. The number of benzene rings is 1. The molecule has 4 rings (SSSR count). The van der Waals surface area contributed by atoms with Crippen LogP contribution in [0.3, 0.4) is 0 Å². The van der Waals surface area contributed by atoms with Crippen molar-refractivity contribution < 1.29 is 0 Å². The van der Waals surface area contributed by atoms with Gasteiger partial charge in [-0.2, -0.15) is 0 Å². The zero-order valence-electron chi connectivity index (χ0n) is 10.2. The molecule has 96 valence electrons. The molecule has 1 aliphatic heterocycles. The van der Waals surface area contributed by atoms with Gasteiger partial charge in [0, 0.05) is 18.0 Å². The Kier molecular flexibility index (Phi) is 2.65. The third-order valence-corrected chi connectivity index (χ3v) is 4.30. The molecule has 2 aliphatic rings. The van der Waals surface area contributed by atoms with Gasteiger partial charge in [-0.05, 0) is 24.0 Å². The van der Waals surface area contributed by atoms with Gasteiger partial charge in [0.05, 0.1) is 6.20 Å². The molecule has 0 unspecified atom stereocenters. The quantitative estimate of drug-likeness (QED) is 0.641. The first-order valence-corrected chi connectivity index (χ1v) is 7.03. The molecular formula is C13H13N5S. The Morgan fingerprint density at radius 3 is 2.79 bits per heavy atom. The fourth-order valence-electron chi connectivity index (χ4n) is 2.56. The molecule has 1 aromatic heterocycles. The van der Waals surface area contributed by atoms with E-state index in [-0.39, 0.29) is 0 Å². The first kappa shape index (κ1) is 11.2. The Hall–Kier alpha value is -1.63. The minimum atomic E-state index is 0.430. The lowest BCUT2D eigenvalue weighted by Crippen LogP contribution is -2.42. The fraction of sp³-hybridized carbons (Fsp3) is 0.231. The molecule has 1 aromatic carbocycles. The van der Waals surface area contributed by atoms with E-state index in [1.807, 2.05) is 4.52 Å². The second-order valence-corrected chi connectivity index (χ2v) is 5.68. The van der Waals surface area contributed by atoms with Gasteiger partial charge in [-0.15, -0.1) is 0 Å². The van der Waals surface area contributed by atoms with Crippen LogP contribution in [0.5, 0.6) is 0 Å². The van der Waals surface area contributed by atoms with E-state index >= 15 is 0 Å². The summed E-state index contributed by atoms with van der Waals surface area (Å²) in [4.78, 5) is 8.24. The topological polar surface area (TPSA) is 53.1 Å². The van der Waals surface area contributed by atoms with Gasteiger partial charge in [0.15, 0.2) is 0 Å². The molecule has 2 heterocycles. The van der Waals surface area contributed by atoms with Gasteiger partial charge >= 0.3 is 0 Å². The molecule has 2 aromatic rings. The van der Waals surface area contributed by atoms with Crippen molar-refractivity contribution in [2.45, 2.75) is 23.9 Å². The molecule has 0 bridgehead atoms. The molecule has 2 N–H and O–H groups in total. The first-order valence-electron chi connectivity index (χ1n) is 6.26. The molecular weight excluding hydrogens is 258 g/mol. The monoisotopic (exact) mass is 271 g/mol. The van der Waals surface area contributed by atoms with Crippen molar-refractivity contribution >= 4 is 17.6 Å². The van der Waals surface area contributed by atoms with E-state index in [4.69, 9.17) is 0 Å². The predicted molar refractivity (Wildman–Crippen MR) is 74.1 cm³/mol. The number of aromatic nitrogens is 2. The molecule has 0 saturated heterocycles. The van der Waals surface area contributed by atoms with Crippen LogP contribution in [0.2, 0.25) is 0 Å². The zero-order valence-corrected chi connectivity index (χ0v) is 11.0. The molecule has 0 fully saturated rings. The zero-order chi connectivity index (χ0) is 12.7. The van der Waals surface area contributed by atoms with Crippen molar-refractivity contribution in [1.29, 1.82) is 0 Å². The lowest BCUT2D eigenvalue weighted by Gasteiger charge is -2.20. The number of nitrogens with zero attached hydrogens (tertiary/aromatic N) is 3. The van der Waals surface area contributed by atoms with Gasteiger partial charge in [0.1, 0.15) is 17.0 Å². The van der Waals surface area contributed by atoms with Gasteiger partial charge in [-0.1, -0.05) is 28.8 Å². The lowest BCUT2D eigenvalue weighted by molar-refractivity contribution is 0.345. The lowest BCUT2D eigenvalue weighted by atomic mass is 10.1. The van der Waals surface area contributed by atoms with Crippen LogP contribution in [0, 0.1) is 0 Å². The normalized spacial score (nSPS) is 18.1. The van der Waals surface area contributed by atoms with Crippen molar-refractivity contribution in [3.05, 3.63) is 47.9 Å². The summed E-state index contributed by atoms with van der Waals surface area (Å²) in [5.41, 5.74) is 10.6. The summed E-state index contributed by atoms with van der Waals surface area (Å²) in [5.74, 6) is 0. The number of nitrogens with one attached hydrogen (secondary N) is 2. The molecule has 0 saturated carbocycles. The van der Waals surface area contributed by atoms with E-state index in [1.54, 1.807) is 24.5 Å². The summed E-state index contributed by atoms with van der Waals surface area (Å²) in [7, 11) is 0. The largest absolute Gasteiger partial charge is 0.291 e. The second-order valence-electron chi connectivity index (χ2n) is 4.74. The van der Waals surface area contributed by atoms with Gasteiger partial charge in [-0.25, -0.2) is 15.4 Å². The Bertz CT molecular complexity index is 514. The van der Waals surface area contributed by atoms with Gasteiger partial charge in [0.25, 0.3) is 0 Å². The highest BCUT2D eigenvalue weighted by Crippen LogP contribution is 2.33. The third kappa shape index (κ3) is 2.07. The van der Waals surface area contributed by atoms with Gasteiger partial charge < -0.3 is 0 Å². The van der Waals surface area contributed by atoms with Gasteiger partial charge in [0.2, 0.25) is 0 Å². The minimum absolute atomic E-state index is 0.430. The summed E-state index contributed by atoms with van der Waals surface area (Å²) < 4.78 is 1.93. The number of rotatable bonds is 2. The smallest absolute Gasteiger partial charge is 0.142 e. The summed E-state index contributed by atoms with van der Waals surface area (Å²) in [6.45, 7) is 0. The minimum Gasteiger partial charge on any atom is -0.291 e. The highest BCUT2D eigenvalue weighted by atomic mass is 32.2. The molecule has 5 nitrogen and oxygen atoms in total. The average molecular weight is 271 g/mol. The Morgan fingerprint density at radius 1 is 1.26 bits per heavy atom. The van der Waals surface area contributed by atoms with E-state index in [0.29, 0.717) is 6.04 Å². The molecule has 0 radical (unpaired) electrons. The number of fused-ring (bicyclic) bond motifs is 2. The van der Waals surface area contributed by atoms with Crippen LogP contribution in [0.25, 0.3) is 0 Å². The fourth-order valence-corrected chi connectivity index (χ4v) is 3.37. The molecule has 19 heavy (non-hydrogen) atoms. The van der Waals surface area contributed by atoms with E-state index in [9.17, 15) is 0 Å². The molecule has 0 amide bonds. The highest BCUT2D eigenvalue weighted by Gasteiger charge is 2.27. The number of hydrazine groups is 2. The van der Waals surface area contributed by atoms with Crippen molar-refractivity contribution in [3.8, 4) is 0 Å². The van der Waals surface area contributed by atoms with Crippen LogP contribution in [0.1, 0.15) is 11.1 Å². The van der Waals surface area contributed by atoms with E-state index in [1.165, 1.54) is 11.1 Å². The van der Waals surface area contributed by atoms with Crippen molar-refractivity contribution in [3.63, 3.8) is 0 Å². The summed E-state index contributed by atoms with van der Waals surface area (Å²) in [6.07, 6.45) is 5.50. The standard InChI is InChI=1S/C13H13N5S/c1-2-4-10-6-11(5-9(10)3-1)16-18-17-12-7-14-8-15-13(12)19-18/h1-4,7-8,11,16-17H,5-6H2. The summed E-state index contributed by atoms with van der Waals surface area (Å²) in [6, 6.07) is 9.06.